The van der Waals surface area contributed by atoms with Crippen LogP contribution in [0.25, 0.3) is 106 Å². The number of rotatable bonds is 4. The van der Waals surface area contributed by atoms with Crippen molar-refractivity contribution >= 4 is 65.7 Å². The molecule has 238 valence electrons. The highest BCUT2D eigenvalue weighted by Crippen LogP contribution is 2.42. The average Bonchev–Trinajstić information content (AvgIpc) is 3.87. The van der Waals surface area contributed by atoms with Gasteiger partial charge < -0.3 is 13.4 Å². The molecule has 0 aliphatic rings. The molecule has 7 nitrogen and oxygen atoms in total. The van der Waals surface area contributed by atoms with Crippen LogP contribution in [0.2, 0.25) is 0 Å². The van der Waals surface area contributed by atoms with E-state index in [1.165, 1.54) is 0 Å². The summed E-state index contributed by atoms with van der Waals surface area (Å²) in [6.45, 7) is 0. The molecular weight excluding hydrogens is 631 g/mol. The summed E-state index contributed by atoms with van der Waals surface area (Å²) in [6.07, 6.45) is 1.75. The molecule has 11 aromatic rings. The molecule has 0 fully saturated rings. The fraction of sp³-hybridized carbons (Fsp3) is 0. The van der Waals surface area contributed by atoms with E-state index in [-0.39, 0.29) is 0 Å². The Balaban J connectivity index is 1.17. The molecule has 5 aromatic heterocycles. The van der Waals surface area contributed by atoms with E-state index in [9.17, 15) is 0 Å². The van der Waals surface area contributed by atoms with E-state index in [1.54, 1.807) is 6.20 Å². The summed E-state index contributed by atoms with van der Waals surface area (Å²) in [6, 6.07) is 49.2. The van der Waals surface area contributed by atoms with Crippen molar-refractivity contribution in [1.29, 1.82) is 0 Å². The first-order valence-corrected chi connectivity index (χ1v) is 16.8. The van der Waals surface area contributed by atoms with E-state index >= 15 is 0 Å². The van der Waals surface area contributed by atoms with E-state index in [2.05, 4.69) is 65.2 Å². The zero-order chi connectivity index (χ0) is 33.5. The van der Waals surface area contributed by atoms with Gasteiger partial charge in [0.2, 0.25) is 0 Å². The Bertz CT molecular complexity index is 3080. The van der Waals surface area contributed by atoms with Crippen LogP contribution in [-0.4, -0.2) is 24.5 Å². The number of nitrogens with zero attached hydrogens (tertiary/aromatic N) is 5. The fourth-order valence-electron chi connectivity index (χ4n) is 7.45. The minimum Gasteiger partial charge on any atom is -0.456 e. The molecule has 6 aromatic carbocycles. The van der Waals surface area contributed by atoms with Crippen molar-refractivity contribution in [2.75, 3.05) is 0 Å². The van der Waals surface area contributed by atoms with Crippen molar-refractivity contribution in [3.05, 3.63) is 152 Å². The molecule has 0 saturated carbocycles. The third-order valence-corrected chi connectivity index (χ3v) is 9.71. The molecule has 0 aliphatic carbocycles. The van der Waals surface area contributed by atoms with Crippen LogP contribution in [0.1, 0.15) is 0 Å². The number of fused-ring (bicyclic) bond motifs is 10. The summed E-state index contributed by atoms with van der Waals surface area (Å²) < 4.78 is 15.3. The lowest BCUT2D eigenvalue weighted by Crippen LogP contribution is -2.01. The summed E-state index contributed by atoms with van der Waals surface area (Å²) in [5.41, 5.74) is 8.80. The van der Waals surface area contributed by atoms with Crippen molar-refractivity contribution in [1.82, 2.24) is 24.5 Å². The van der Waals surface area contributed by atoms with Crippen LogP contribution in [0.4, 0.5) is 0 Å². The van der Waals surface area contributed by atoms with Crippen LogP contribution in [-0.2, 0) is 0 Å². The standard InChI is InChI=1S/C44H25N5O2/c1-3-11-26(12-4-1)42-46-43(27-13-5-2-6-14-27)48-44(47-42)40-39-32-25-28(19-22-36(32)50-37(39)23-24-45-40)49-33-17-9-7-16-31(33)38-34(49)21-20-30-29-15-8-10-18-35(29)51-41(30)38/h1-25H. The minimum atomic E-state index is 0.477. The third-order valence-electron chi connectivity index (χ3n) is 9.71. The molecule has 0 amide bonds. The Hall–Kier alpha value is -7.12. The monoisotopic (exact) mass is 655 g/mol. The zero-order valence-corrected chi connectivity index (χ0v) is 27.0. The van der Waals surface area contributed by atoms with Gasteiger partial charge in [-0.1, -0.05) is 97.1 Å². The summed E-state index contributed by atoms with van der Waals surface area (Å²) >= 11 is 0. The molecule has 0 radical (unpaired) electrons. The first-order chi connectivity index (χ1) is 25.3. The highest BCUT2D eigenvalue weighted by molar-refractivity contribution is 6.24. The van der Waals surface area contributed by atoms with Gasteiger partial charge in [0.05, 0.1) is 21.8 Å². The first-order valence-electron chi connectivity index (χ1n) is 16.8. The Morgan fingerprint density at radius 2 is 1.10 bits per heavy atom. The van der Waals surface area contributed by atoms with Gasteiger partial charge in [-0.3, -0.25) is 4.98 Å². The Morgan fingerprint density at radius 3 is 1.88 bits per heavy atom. The van der Waals surface area contributed by atoms with Crippen LogP contribution in [0.15, 0.2) is 161 Å². The average molecular weight is 656 g/mol. The lowest BCUT2D eigenvalue weighted by atomic mass is 10.1. The van der Waals surface area contributed by atoms with Gasteiger partial charge in [-0.05, 0) is 48.5 Å². The number of para-hydroxylation sites is 2. The maximum Gasteiger partial charge on any atom is 0.183 e. The molecule has 0 spiro atoms. The fourth-order valence-corrected chi connectivity index (χ4v) is 7.45. The molecule has 51 heavy (non-hydrogen) atoms. The molecule has 0 bridgehead atoms. The molecule has 11 rings (SSSR count). The third kappa shape index (κ3) is 4.18. The lowest BCUT2D eigenvalue weighted by molar-refractivity contribution is 0.668. The van der Waals surface area contributed by atoms with Gasteiger partial charge in [0, 0.05) is 44.6 Å². The van der Waals surface area contributed by atoms with Crippen LogP contribution < -0.4 is 0 Å². The smallest absolute Gasteiger partial charge is 0.183 e. The number of hydrogen-bond donors (Lipinski definition) is 0. The van der Waals surface area contributed by atoms with Crippen LogP contribution in [0, 0.1) is 0 Å². The van der Waals surface area contributed by atoms with Gasteiger partial charge in [0.25, 0.3) is 0 Å². The van der Waals surface area contributed by atoms with Gasteiger partial charge in [-0.2, -0.15) is 0 Å². The van der Waals surface area contributed by atoms with Crippen LogP contribution in [0.3, 0.4) is 0 Å². The summed E-state index contributed by atoms with van der Waals surface area (Å²) in [5, 5.41) is 6.20. The highest BCUT2D eigenvalue weighted by Gasteiger charge is 2.22. The zero-order valence-electron chi connectivity index (χ0n) is 27.0. The summed E-state index contributed by atoms with van der Waals surface area (Å²) in [4.78, 5) is 19.8. The van der Waals surface area contributed by atoms with Crippen LogP contribution >= 0.6 is 0 Å². The second-order valence-corrected chi connectivity index (χ2v) is 12.6. The first kappa shape index (κ1) is 27.8. The SMILES string of the molecule is c1ccc(-c2nc(-c3ccccc3)nc(-c3nccc4oc5ccc(-n6c7ccccc7c7c8oc9ccccc9c8ccc76)cc5c34)n2)cc1. The van der Waals surface area contributed by atoms with E-state index in [1.807, 2.05) is 84.9 Å². The minimum absolute atomic E-state index is 0.477. The Kier molecular flexibility index (Phi) is 5.83. The van der Waals surface area contributed by atoms with Crippen molar-refractivity contribution in [3.63, 3.8) is 0 Å². The van der Waals surface area contributed by atoms with E-state index in [4.69, 9.17) is 28.8 Å². The Morgan fingerprint density at radius 1 is 0.431 bits per heavy atom. The summed E-state index contributed by atoms with van der Waals surface area (Å²) in [7, 11) is 0. The number of aromatic nitrogens is 5. The molecule has 0 N–H and O–H groups in total. The van der Waals surface area contributed by atoms with Gasteiger partial charge in [0.1, 0.15) is 28.0 Å². The van der Waals surface area contributed by atoms with Gasteiger partial charge in [0.15, 0.2) is 17.5 Å². The normalized spacial score (nSPS) is 11.9. The van der Waals surface area contributed by atoms with Crippen molar-refractivity contribution in [2.24, 2.45) is 0 Å². The predicted molar refractivity (Wildman–Crippen MR) is 203 cm³/mol. The van der Waals surface area contributed by atoms with Crippen molar-refractivity contribution < 1.29 is 8.83 Å². The maximum absolute atomic E-state index is 6.53. The quantitative estimate of drug-likeness (QED) is 0.188. The van der Waals surface area contributed by atoms with Gasteiger partial charge in [-0.25, -0.2) is 15.0 Å². The molecular formula is C44H25N5O2. The molecule has 0 saturated heterocycles. The Labute approximate surface area is 290 Å². The van der Waals surface area contributed by atoms with E-state index < -0.39 is 0 Å². The number of benzene rings is 6. The second-order valence-electron chi connectivity index (χ2n) is 12.6. The number of hydrogen-bond acceptors (Lipinski definition) is 6. The maximum atomic E-state index is 6.53. The summed E-state index contributed by atoms with van der Waals surface area (Å²) in [5.74, 6) is 1.63. The van der Waals surface area contributed by atoms with E-state index in [0.29, 0.717) is 28.8 Å². The largest absolute Gasteiger partial charge is 0.456 e. The van der Waals surface area contributed by atoms with E-state index in [0.717, 1.165) is 76.9 Å². The molecule has 5 heterocycles. The number of furan rings is 2. The van der Waals surface area contributed by atoms with Gasteiger partial charge >= 0.3 is 0 Å². The molecule has 0 atom stereocenters. The highest BCUT2D eigenvalue weighted by atomic mass is 16.3. The second kappa shape index (κ2) is 10.7. The van der Waals surface area contributed by atoms with Crippen molar-refractivity contribution in [2.45, 2.75) is 0 Å². The van der Waals surface area contributed by atoms with Gasteiger partial charge in [-0.15, -0.1) is 0 Å². The predicted octanol–water partition coefficient (Wildman–Crippen LogP) is 11.2. The van der Waals surface area contributed by atoms with Crippen LogP contribution in [0.5, 0.6) is 0 Å². The van der Waals surface area contributed by atoms with Crippen molar-refractivity contribution in [3.8, 4) is 40.0 Å². The molecule has 7 heteroatoms. The topological polar surface area (TPSA) is 82.8 Å². The number of pyridine rings is 1. The lowest BCUT2D eigenvalue weighted by Gasteiger charge is -2.09. The molecule has 0 aliphatic heterocycles. The molecule has 0 unspecified atom stereocenters.